The van der Waals surface area contributed by atoms with E-state index in [-0.39, 0.29) is 0 Å². The van der Waals surface area contributed by atoms with Crippen LogP contribution in [-0.2, 0) is 13.0 Å². The third-order valence-corrected chi connectivity index (χ3v) is 3.15. The number of hydrogen-bond acceptors (Lipinski definition) is 2. The molecule has 90 valence electrons. The lowest BCUT2D eigenvalue weighted by atomic mass is 10.1. The van der Waals surface area contributed by atoms with E-state index >= 15 is 0 Å². The fourth-order valence-corrected chi connectivity index (χ4v) is 2.13. The summed E-state index contributed by atoms with van der Waals surface area (Å²) in [4.78, 5) is 4.33. The van der Waals surface area contributed by atoms with Gasteiger partial charge in [0.05, 0.1) is 24.0 Å². The number of fused-ring (bicyclic) bond motifs is 1. The number of rotatable bonds is 3. The number of benzene rings is 1. The molecule has 0 atom stereocenters. The van der Waals surface area contributed by atoms with E-state index in [1.54, 1.807) is 0 Å². The van der Waals surface area contributed by atoms with Gasteiger partial charge >= 0.3 is 0 Å². The van der Waals surface area contributed by atoms with Crippen molar-refractivity contribution < 1.29 is 0 Å². The molecule has 0 fully saturated rings. The molecule has 2 aromatic heterocycles. The smallest absolute Gasteiger partial charge is 0.0838 e. The minimum atomic E-state index is 0.718. The highest BCUT2D eigenvalue weighted by atomic mass is 15.3. The van der Waals surface area contributed by atoms with Crippen molar-refractivity contribution in [3.05, 3.63) is 60.0 Å². The average molecular weight is 237 g/mol. The number of nitrogens with zero attached hydrogens (tertiary/aromatic N) is 3. The van der Waals surface area contributed by atoms with E-state index in [2.05, 4.69) is 35.2 Å². The summed E-state index contributed by atoms with van der Waals surface area (Å²) in [6.45, 7) is 2.88. The summed E-state index contributed by atoms with van der Waals surface area (Å²) in [6, 6.07) is 12.5. The van der Waals surface area contributed by atoms with Gasteiger partial charge in [-0.1, -0.05) is 19.1 Å². The van der Waals surface area contributed by atoms with Gasteiger partial charge in [-0.25, -0.2) is 0 Å². The van der Waals surface area contributed by atoms with Crippen LogP contribution >= 0.6 is 0 Å². The molecule has 18 heavy (non-hydrogen) atoms. The SMILES string of the molecule is CCc1ccc2c(cnn2Cc2ccccn2)c1. The molecule has 0 saturated carbocycles. The molecule has 0 aliphatic heterocycles. The zero-order chi connectivity index (χ0) is 12.4. The Bertz CT molecular complexity index is 656. The number of aromatic nitrogens is 3. The second-order valence-electron chi connectivity index (χ2n) is 4.37. The van der Waals surface area contributed by atoms with E-state index < -0.39 is 0 Å². The zero-order valence-electron chi connectivity index (χ0n) is 10.4. The largest absolute Gasteiger partial charge is 0.259 e. The van der Waals surface area contributed by atoms with Gasteiger partial charge in [-0.05, 0) is 36.2 Å². The van der Waals surface area contributed by atoms with Crippen LogP contribution in [0.25, 0.3) is 10.9 Å². The van der Waals surface area contributed by atoms with Crippen LogP contribution in [-0.4, -0.2) is 14.8 Å². The molecule has 0 N–H and O–H groups in total. The summed E-state index contributed by atoms with van der Waals surface area (Å²) in [5.74, 6) is 0. The Morgan fingerprint density at radius 2 is 2.11 bits per heavy atom. The highest BCUT2D eigenvalue weighted by Crippen LogP contribution is 2.17. The molecule has 1 aromatic carbocycles. The number of aryl methyl sites for hydroxylation is 1. The summed E-state index contributed by atoms with van der Waals surface area (Å²) in [5, 5.41) is 5.64. The molecule has 3 aromatic rings. The Balaban J connectivity index is 1.98. The van der Waals surface area contributed by atoms with Crippen molar-refractivity contribution in [2.75, 3.05) is 0 Å². The highest BCUT2D eigenvalue weighted by molar-refractivity contribution is 5.79. The van der Waals surface area contributed by atoms with E-state index in [0.717, 1.165) is 24.2 Å². The molecule has 0 amide bonds. The van der Waals surface area contributed by atoms with Gasteiger partial charge in [-0.3, -0.25) is 9.67 Å². The van der Waals surface area contributed by atoms with Gasteiger partial charge in [0.2, 0.25) is 0 Å². The molecule has 0 aliphatic carbocycles. The van der Waals surface area contributed by atoms with Crippen LogP contribution < -0.4 is 0 Å². The van der Waals surface area contributed by atoms with Gasteiger partial charge in [0.15, 0.2) is 0 Å². The van der Waals surface area contributed by atoms with Crippen molar-refractivity contribution in [3.63, 3.8) is 0 Å². The first kappa shape index (κ1) is 11.0. The molecule has 2 heterocycles. The maximum Gasteiger partial charge on any atom is 0.0838 e. The van der Waals surface area contributed by atoms with Crippen molar-refractivity contribution in [3.8, 4) is 0 Å². The quantitative estimate of drug-likeness (QED) is 0.701. The predicted molar refractivity (Wildman–Crippen MR) is 72.5 cm³/mol. The Morgan fingerprint density at radius 3 is 2.89 bits per heavy atom. The van der Waals surface area contributed by atoms with Crippen LogP contribution in [0.5, 0.6) is 0 Å². The predicted octanol–water partition coefficient (Wildman–Crippen LogP) is 3.04. The molecule has 0 saturated heterocycles. The molecule has 0 bridgehead atoms. The third kappa shape index (κ3) is 1.99. The molecular formula is C15H15N3. The molecule has 3 nitrogen and oxygen atoms in total. The first-order valence-electron chi connectivity index (χ1n) is 6.21. The van der Waals surface area contributed by atoms with Gasteiger partial charge in [-0.15, -0.1) is 0 Å². The van der Waals surface area contributed by atoms with E-state index in [0.29, 0.717) is 0 Å². The second kappa shape index (κ2) is 4.61. The minimum absolute atomic E-state index is 0.718. The summed E-state index contributed by atoms with van der Waals surface area (Å²) in [7, 11) is 0. The lowest BCUT2D eigenvalue weighted by molar-refractivity contribution is 0.696. The molecule has 3 heteroatoms. The van der Waals surface area contributed by atoms with Gasteiger partial charge in [-0.2, -0.15) is 5.10 Å². The second-order valence-corrected chi connectivity index (χ2v) is 4.37. The maximum atomic E-state index is 4.44. The third-order valence-electron chi connectivity index (χ3n) is 3.15. The minimum Gasteiger partial charge on any atom is -0.259 e. The van der Waals surface area contributed by atoms with E-state index in [1.165, 1.54) is 10.9 Å². The van der Waals surface area contributed by atoms with E-state index in [9.17, 15) is 0 Å². The summed E-state index contributed by atoms with van der Waals surface area (Å²) >= 11 is 0. The Morgan fingerprint density at radius 1 is 1.17 bits per heavy atom. The number of pyridine rings is 1. The van der Waals surface area contributed by atoms with E-state index in [4.69, 9.17) is 0 Å². The van der Waals surface area contributed by atoms with Crippen LogP contribution in [0.2, 0.25) is 0 Å². The molecule has 0 unspecified atom stereocenters. The summed E-state index contributed by atoms with van der Waals surface area (Å²) in [5.41, 5.74) is 3.54. The van der Waals surface area contributed by atoms with Crippen LogP contribution in [0, 0.1) is 0 Å². The Labute approximate surface area is 106 Å². The fourth-order valence-electron chi connectivity index (χ4n) is 2.13. The van der Waals surface area contributed by atoms with Gasteiger partial charge in [0, 0.05) is 11.6 Å². The fraction of sp³-hybridized carbons (Fsp3) is 0.200. The van der Waals surface area contributed by atoms with Crippen LogP contribution in [0.15, 0.2) is 48.8 Å². The van der Waals surface area contributed by atoms with Crippen molar-refractivity contribution in [2.45, 2.75) is 19.9 Å². The van der Waals surface area contributed by atoms with Crippen molar-refractivity contribution in [2.24, 2.45) is 0 Å². The molecule has 3 rings (SSSR count). The topological polar surface area (TPSA) is 30.7 Å². The Hall–Kier alpha value is -2.16. The monoisotopic (exact) mass is 237 g/mol. The van der Waals surface area contributed by atoms with E-state index in [1.807, 2.05) is 35.3 Å². The normalized spacial score (nSPS) is 10.9. The molecule has 0 aliphatic rings. The first-order valence-corrected chi connectivity index (χ1v) is 6.21. The molecule has 0 spiro atoms. The van der Waals surface area contributed by atoms with Crippen LogP contribution in [0.1, 0.15) is 18.2 Å². The standard InChI is InChI=1S/C15H15N3/c1-2-12-6-7-15-13(9-12)10-17-18(15)11-14-5-3-4-8-16-14/h3-10H,2,11H2,1H3. The van der Waals surface area contributed by atoms with Gasteiger partial charge < -0.3 is 0 Å². The first-order chi connectivity index (χ1) is 8.86. The summed E-state index contributed by atoms with van der Waals surface area (Å²) in [6.07, 6.45) is 4.80. The van der Waals surface area contributed by atoms with Gasteiger partial charge in [0.25, 0.3) is 0 Å². The zero-order valence-corrected chi connectivity index (χ0v) is 10.4. The number of hydrogen-bond donors (Lipinski definition) is 0. The molecule has 0 radical (unpaired) electrons. The summed E-state index contributed by atoms with van der Waals surface area (Å²) < 4.78 is 2.00. The van der Waals surface area contributed by atoms with Crippen molar-refractivity contribution in [1.82, 2.24) is 14.8 Å². The lowest BCUT2D eigenvalue weighted by Crippen LogP contribution is -2.02. The highest BCUT2D eigenvalue weighted by Gasteiger charge is 2.04. The maximum absolute atomic E-state index is 4.44. The van der Waals surface area contributed by atoms with Gasteiger partial charge in [0.1, 0.15) is 0 Å². The van der Waals surface area contributed by atoms with Crippen LogP contribution in [0.3, 0.4) is 0 Å². The Kier molecular flexibility index (Phi) is 2.81. The van der Waals surface area contributed by atoms with Crippen molar-refractivity contribution in [1.29, 1.82) is 0 Å². The lowest BCUT2D eigenvalue weighted by Gasteiger charge is -2.03. The molecular weight excluding hydrogens is 222 g/mol. The van der Waals surface area contributed by atoms with Crippen LogP contribution in [0.4, 0.5) is 0 Å². The average Bonchev–Trinajstić information content (AvgIpc) is 2.82. The van der Waals surface area contributed by atoms with Crippen molar-refractivity contribution >= 4 is 10.9 Å².